The summed E-state index contributed by atoms with van der Waals surface area (Å²) in [5.41, 5.74) is 2.35. The number of carbonyl (C=O) groups excluding carboxylic acids is 1. The second-order valence-electron chi connectivity index (χ2n) is 7.81. The van der Waals surface area contributed by atoms with Crippen LogP contribution in [0.5, 0.6) is 5.75 Å². The van der Waals surface area contributed by atoms with Crippen LogP contribution in [0.1, 0.15) is 32.0 Å². The van der Waals surface area contributed by atoms with Gasteiger partial charge in [0.25, 0.3) is 0 Å². The summed E-state index contributed by atoms with van der Waals surface area (Å²) in [5, 5.41) is 10.4. The van der Waals surface area contributed by atoms with Crippen LogP contribution in [0.2, 0.25) is 0 Å². The predicted octanol–water partition coefficient (Wildman–Crippen LogP) is 4.57. The Hall–Kier alpha value is -3.05. The van der Waals surface area contributed by atoms with Crippen LogP contribution in [0.3, 0.4) is 0 Å². The van der Waals surface area contributed by atoms with E-state index in [0.29, 0.717) is 13.2 Å². The van der Waals surface area contributed by atoms with Crippen molar-refractivity contribution in [2.24, 2.45) is 0 Å². The molecule has 1 N–H and O–H groups in total. The maximum absolute atomic E-state index is 12.0. The van der Waals surface area contributed by atoms with E-state index in [1.165, 1.54) is 6.08 Å². The Labute approximate surface area is 171 Å². The van der Waals surface area contributed by atoms with Gasteiger partial charge in [-0.1, -0.05) is 30.3 Å². The van der Waals surface area contributed by atoms with Crippen molar-refractivity contribution in [2.75, 3.05) is 6.61 Å². The fourth-order valence-corrected chi connectivity index (χ4v) is 3.08. The van der Waals surface area contributed by atoms with Crippen LogP contribution in [0, 0.1) is 0 Å². The number of hydrogen-bond acceptors (Lipinski definition) is 4. The SMILES string of the molecule is CC(C)(C)OC(=O)C=Cc1cc2cc(OCc3ccccc3)ccc2n1CCO. The highest BCUT2D eigenvalue weighted by Gasteiger charge is 2.14. The Morgan fingerprint density at radius 2 is 1.86 bits per heavy atom. The molecule has 3 aromatic rings. The highest BCUT2D eigenvalue weighted by molar-refractivity contribution is 5.90. The predicted molar refractivity (Wildman–Crippen MR) is 115 cm³/mol. The van der Waals surface area contributed by atoms with Crippen molar-refractivity contribution in [1.82, 2.24) is 4.57 Å². The zero-order chi connectivity index (χ0) is 20.9. The molecule has 0 aliphatic heterocycles. The topological polar surface area (TPSA) is 60.7 Å². The normalized spacial score (nSPS) is 11.9. The summed E-state index contributed by atoms with van der Waals surface area (Å²) in [6.45, 7) is 6.43. The lowest BCUT2D eigenvalue weighted by Crippen LogP contribution is -2.22. The van der Waals surface area contributed by atoms with E-state index in [1.807, 2.05) is 79.9 Å². The van der Waals surface area contributed by atoms with E-state index in [2.05, 4.69) is 0 Å². The monoisotopic (exact) mass is 393 g/mol. The van der Waals surface area contributed by atoms with Crippen LogP contribution in [-0.4, -0.2) is 27.9 Å². The molecule has 0 aliphatic carbocycles. The highest BCUT2D eigenvalue weighted by atomic mass is 16.6. The lowest BCUT2D eigenvalue weighted by atomic mass is 10.2. The largest absolute Gasteiger partial charge is 0.489 e. The number of aliphatic hydroxyl groups excluding tert-OH is 1. The molecular formula is C24H27NO4. The first-order valence-corrected chi connectivity index (χ1v) is 9.68. The molecule has 0 saturated heterocycles. The summed E-state index contributed by atoms with van der Waals surface area (Å²) in [7, 11) is 0. The number of esters is 1. The van der Waals surface area contributed by atoms with Crippen molar-refractivity contribution in [3.05, 3.63) is 71.9 Å². The number of benzene rings is 2. The molecular weight excluding hydrogens is 366 g/mol. The van der Waals surface area contributed by atoms with Crippen LogP contribution >= 0.6 is 0 Å². The number of aliphatic hydroxyl groups is 1. The Morgan fingerprint density at radius 1 is 1.10 bits per heavy atom. The van der Waals surface area contributed by atoms with Crippen LogP contribution in [0.15, 0.2) is 60.7 Å². The number of ether oxygens (including phenoxy) is 2. The third-order valence-corrected chi connectivity index (χ3v) is 4.27. The van der Waals surface area contributed by atoms with Gasteiger partial charge in [-0.05, 0) is 56.7 Å². The van der Waals surface area contributed by atoms with Crippen molar-refractivity contribution >= 4 is 22.9 Å². The van der Waals surface area contributed by atoms with Gasteiger partial charge in [0.2, 0.25) is 0 Å². The fraction of sp³-hybridized carbons (Fsp3) is 0.292. The summed E-state index contributed by atoms with van der Waals surface area (Å²) in [5.74, 6) is 0.371. The molecule has 5 nitrogen and oxygen atoms in total. The van der Waals surface area contributed by atoms with E-state index in [9.17, 15) is 9.90 Å². The van der Waals surface area contributed by atoms with Gasteiger partial charge in [-0.2, -0.15) is 0 Å². The molecule has 0 aliphatic rings. The minimum atomic E-state index is -0.537. The molecule has 1 aromatic heterocycles. The second-order valence-corrected chi connectivity index (χ2v) is 7.81. The maximum Gasteiger partial charge on any atom is 0.331 e. The van der Waals surface area contributed by atoms with Gasteiger partial charge in [0.05, 0.1) is 6.61 Å². The van der Waals surface area contributed by atoms with Gasteiger partial charge < -0.3 is 19.1 Å². The van der Waals surface area contributed by atoms with E-state index in [-0.39, 0.29) is 6.61 Å². The van der Waals surface area contributed by atoms with Crippen molar-refractivity contribution in [3.8, 4) is 5.75 Å². The molecule has 0 bridgehead atoms. The summed E-state index contributed by atoms with van der Waals surface area (Å²) in [6.07, 6.45) is 3.13. The standard InChI is InChI=1S/C24H27NO4/c1-24(2,3)29-23(27)12-9-20-15-19-16-21(10-11-22(19)25(20)13-14-26)28-17-18-7-5-4-6-8-18/h4-12,15-16,26H,13-14,17H2,1-3H3. The van der Waals surface area contributed by atoms with Crippen LogP contribution < -0.4 is 4.74 Å². The first-order valence-electron chi connectivity index (χ1n) is 9.68. The summed E-state index contributed by atoms with van der Waals surface area (Å²) < 4.78 is 13.2. The van der Waals surface area contributed by atoms with Gasteiger partial charge in [-0.15, -0.1) is 0 Å². The maximum atomic E-state index is 12.0. The van der Waals surface area contributed by atoms with Crippen molar-refractivity contribution in [3.63, 3.8) is 0 Å². The third-order valence-electron chi connectivity index (χ3n) is 4.27. The second kappa shape index (κ2) is 8.97. The number of aromatic nitrogens is 1. The molecule has 152 valence electrons. The van der Waals surface area contributed by atoms with Crippen molar-refractivity contribution < 1.29 is 19.4 Å². The zero-order valence-corrected chi connectivity index (χ0v) is 17.1. The molecule has 2 aromatic carbocycles. The summed E-state index contributed by atoms with van der Waals surface area (Å²) in [6, 6.07) is 17.8. The quantitative estimate of drug-likeness (QED) is 0.472. The number of fused-ring (bicyclic) bond motifs is 1. The summed E-state index contributed by atoms with van der Waals surface area (Å²) >= 11 is 0. The van der Waals surface area contributed by atoms with Crippen LogP contribution in [0.4, 0.5) is 0 Å². The highest BCUT2D eigenvalue weighted by Crippen LogP contribution is 2.26. The van der Waals surface area contributed by atoms with Gasteiger partial charge in [0, 0.05) is 29.2 Å². The molecule has 3 rings (SSSR count). The van der Waals surface area contributed by atoms with Gasteiger partial charge in [-0.25, -0.2) is 4.79 Å². The Morgan fingerprint density at radius 3 is 2.55 bits per heavy atom. The average molecular weight is 393 g/mol. The Bertz CT molecular complexity index is 997. The van der Waals surface area contributed by atoms with E-state index < -0.39 is 11.6 Å². The molecule has 0 unspecified atom stereocenters. The molecule has 29 heavy (non-hydrogen) atoms. The van der Waals surface area contributed by atoms with E-state index >= 15 is 0 Å². The van der Waals surface area contributed by atoms with Gasteiger partial charge >= 0.3 is 5.97 Å². The van der Waals surface area contributed by atoms with E-state index in [0.717, 1.165) is 27.9 Å². The smallest absolute Gasteiger partial charge is 0.331 e. The van der Waals surface area contributed by atoms with E-state index in [4.69, 9.17) is 9.47 Å². The van der Waals surface area contributed by atoms with Gasteiger partial charge in [0.15, 0.2) is 0 Å². The average Bonchev–Trinajstić information content (AvgIpc) is 3.01. The number of carbonyl (C=O) groups is 1. The Kier molecular flexibility index (Phi) is 6.39. The fourth-order valence-electron chi connectivity index (χ4n) is 3.08. The minimum Gasteiger partial charge on any atom is -0.489 e. The van der Waals surface area contributed by atoms with Crippen molar-refractivity contribution in [1.29, 1.82) is 0 Å². The zero-order valence-electron chi connectivity index (χ0n) is 17.1. The first kappa shape index (κ1) is 20.7. The van der Waals surface area contributed by atoms with Crippen molar-refractivity contribution in [2.45, 2.75) is 39.5 Å². The first-order chi connectivity index (χ1) is 13.9. The number of nitrogens with zero attached hydrogens (tertiary/aromatic N) is 1. The molecule has 0 saturated carbocycles. The lowest BCUT2D eigenvalue weighted by molar-refractivity contribution is -0.148. The molecule has 1 heterocycles. The molecule has 0 fully saturated rings. The molecule has 5 heteroatoms. The Balaban J connectivity index is 1.82. The van der Waals surface area contributed by atoms with E-state index in [1.54, 1.807) is 6.08 Å². The molecule has 0 atom stereocenters. The summed E-state index contributed by atoms with van der Waals surface area (Å²) in [4.78, 5) is 12.0. The third kappa shape index (κ3) is 5.72. The molecule has 0 radical (unpaired) electrons. The minimum absolute atomic E-state index is 0.00329. The number of rotatable bonds is 7. The van der Waals surface area contributed by atoms with Crippen LogP contribution in [-0.2, 0) is 22.7 Å². The van der Waals surface area contributed by atoms with Crippen LogP contribution in [0.25, 0.3) is 17.0 Å². The number of hydrogen-bond donors (Lipinski definition) is 1. The molecule has 0 amide bonds. The van der Waals surface area contributed by atoms with Gasteiger partial charge in [0.1, 0.15) is 18.0 Å². The molecule has 0 spiro atoms. The lowest BCUT2D eigenvalue weighted by Gasteiger charge is -2.17. The van der Waals surface area contributed by atoms with Gasteiger partial charge in [-0.3, -0.25) is 0 Å².